The zero-order valence-corrected chi connectivity index (χ0v) is 13.0. The quantitative estimate of drug-likeness (QED) is 0.770. The molecule has 25 heavy (non-hydrogen) atoms. The number of amides is 2. The van der Waals surface area contributed by atoms with Crippen molar-refractivity contribution in [3.05, 3.63) is 59.9 Å². The highest BCUT2D eigenvalue weighted by atomic mass is 19.1. The number of benzene rings is 2. The smallest absolute Gasteiger partial charge is 0.276 e. The molecular weight excluding hydrogens is 329 g/mol. The van der Waals surface area contributed by atoms with Crippen molar-refractivity contribution in [3.63, 3.8) is 0 Å². The van der Waals surface area contributed by atoms with Crippen LogP contribution < -0.4 is 20.3 Å². The van der Waals surface area contributed by atoms with Gasteiger partial charge in [0.1, 0.15) is 17.3 Å². The first-order valence-corrected chi connectivity index (χ1v) is 7.16. The Morgan fingerprint density at radius 2 is 1.32 bits per heavy atom. The molecule has 8 heteroatoms. The Hall–Kier alpha value is -3.60. The standard InChI is InChI=1S/C17H14FN3O4/c18-13-3-7-15(8-4-13)25-11-17(23)21-20-16(22)10-24-14-5-1-12(9-19)2-6-14/h1-8H,10-11H2,(H,20,22)(H,21,23). The number of carbonyl (C=O) groups is 2. The monoisotopic (exact) mass is 343 g/mol. The minimum absolute atomic E-state index is 0.314. The third-order valence-electron chi connectivity index (χ3n) is 2.88. The summed E-state index contributed by atoms with van der Waals surface area (Å²) < 4.78 is 23.0. The highest BCUT2D eigenvalue weighted by Crippen LogP contribution is 2.11. The lowest BCUT2D eigenvalue weighted by molar-refractivity contribution is -0.131. The van der Waals surface area contributed by atoms with Gasteiger partial charge < -0.3 is 9.47 Å². The molecule has 0 heterocycles. The lowest BCUT2D eigenvalue weighted by Crippen LogP contribution is -2.45. The van der Waals surface area contributed by atoms with E-state index in [9.17, 15) is 14.0 Å². The first kappa shape index (κ1) is 17.7. The molecule has 0 aliphatic rings. The van der Waals surface area contributed by atoms with E-state index in [0.29, 0.717) is 17.1 Å². The molecule has 0 atom stereocenters. The number of hydrogen-bond donors (Lipinski definition) is 2. The van der Waals surface area contributed by atoms with Gasteiger partial charge in [0.15, 0.2) is 13.2 Å². The number of ether oxygens (including phenoxy) is 2. The van der Waals surface area contributed by atoms with Gasteiger partial charge in [-0.05, 0) is 48.5 Å². The zero-order chi connectivity index (χ0) is 18.1. The molecular formula is C17H14FN3O4. The first-order chi connectivity index (χ1) is 12.1. The summed E-state index contributed by atoms with van der Waals surface area (Å²) in [6, 6.07) is 13.4. The summed E-state index contributed by atoms with van der Waals surface area (Å²) >= 11 is 0. The summed E-state index contributed by atoms with van der Waals surface area (Å²) in [5, 5.41) is 8.68. The van der Waals surface area contributed by atoms with Crippen LogP contribution >= 0.6 is 0 Å². The van der Waals surface area contributed by atoms with Crippen LogP contribution in [0, 0.1) is 17.1 Å². The summed E-state index contributed by atoms with van der Waals surface area (Å²) in [6.45, 7) is -0.659. The molecule has 2 amide bonds. The number of nitrogens with zero attached hydrogens (tertiary/aromatic N) is 1. The summed E-state index contributed by atoms with van der Waals surface area (Å²) in [5.74, 6) is -0.825. The molecule has 0 unspecified atom stereocenters. The zero-order valence-electron chi connectivity index (χ0n) is 13.0. The van der Waals surface area contributed by atoms with Crippen LogP contribution in [0.25, 0.3) is 0 Å². The van der Waals surface area contributed by atoms with E-state index in [4.69, 9.17) is 14.7 Å². The fraction of sp³-hybridized carbons (Fsp3) is 0.118. The molecule has 0 aliphatic carbocycles. The number of nitriles is 1. The molecule has 2 N–H and O–H groups in total. The number of nitrogens with one attached hydrogen (secondary N) is 2. The van der Waals surface area contributed by atoms with Gasteiger partial charge in [-0.25, -0.2) is 4.39 Å². The molecule has 0 spiro atoms. The average Bonchev–Trinajstić information content (AvgIpc) is 2.64. The number of halogens is 1. The fourth-order valence-corrected chi connectivity index (χ4v) is 1.67. The van der Waals surface area contributed by atoms with E-state index >= 15 is 0 Å². The van der Waals surface area contributed by atoms with Gasteiger partial charge in [0, 0.05) is 0 Å². The Bertz CT molecular complexity index is 770. The molecule has 0 saturated heterocycles. The van der Waals surface area contributed by atoms with Crippen LogP contribution in [0.1, 0.15) is 5.56 Å². The van der Waals surface area contributed by atoms with Crippen molar-refractivity contribution in [1.82, 2.24) is 10.9 Å². The summed E-state index contributed by atoms with van der Waals surface area (Å²) in [7, 11) is 0. The fourth-order valence-electron chi connectivity index (χ4n) is 1.67. The molecule has 0 aliphatic heterocycles. The van der Waals surface area contributed by atoms with Crippen molar-refractivity contribution in [2.24, 2.45) is 0 Å². The molecule has 0 saturated carbocycles. The molecule has 128 valence electrons. The van der Waals surface area contributed by atoms with Crippen LogP contribution in [-0.2, 0) is 9.59 Å². The van der Waals surface area contributed by atoms with Crippen molar-refractivity contribution < 1.29 is 23.5 Å². The lowest BCUT2D eigenvalue weighted by atomic mass is 10.2. The Morgan fingerprint density at radius 1 is 0.880 bits per heavy atom. The van der Waals surface area contributed by atoms with E-state index in [2.05, 4.69) is 10.9 Å². The molecule has 7 nitrogen and oxygen atoms in total. The maximum absolute atomic E-state index is 12.7. The second kappa shape index (κ2) is 8.88. The summed E-state index contributed by atoms with van der Waals surface area (Å²) in [5.41, 5.74) is 4.80. The van der Waals surface area contributed by atoms with Crippen molar-refractivity contribution >= 4 is 11.8 Å². The SMILES string of the molecule is N#Cc1ccc(OCC(=O)NNC(=O)COc2ccc(F)cc2)cc1. The van der Waals surface area contributed by atoms with Crippen LogP contribution in [0.4, 0.5) is 4.39 Å². The van der Waals surface area contributed by atoms with Gasteiger partial charge in [0.05, 0.1) is 11.6 Å². The predicted octanol–water partition coefficient (Wildman–Crippen LogP) is 1.30. The van der Waals surface area contributed by atoms with Crippen molar-refractivity contribution in [1.29, 1.82) is 5.26 Å². The molecule has 0 fully saturated rings. The summed E-state index contributed by atoms with van der Waals surface area (Å²) in [6.07, 6.45) is 0. The van der Waals surface area contributed by atoms with E-state index in [-0.39, 0.29) is 13.2 Å². The number of hydrogen-bond acceptors (Lipinski definition) is 5. The van der Waals surface area contributed by atoms with Crippen molar-refractivity contribution in [3.8, 4) is 17.6 Å². The van der Waals surface area contributed by atoms with E-state index in [1.807, 2.05) is 6.07 Å². The van der Waals surface area contributed by atoms with E-state index in [0.717, 1.165) is 0 Å². The van der Waals surface area contributed by atoms with Gasteiger partial charge in [-0.15, -0.1) is 0 Å². The van der Waals surface area contributed by atoms with Crippen LogP contribution in [0.5, 0.6) is 11.5 Å². The number of carbonyl (C=O) groups excluding carboxylic acids is 2. The first-order valence-electron chi connectivity index (χ1n) is 7.16. The highest BCUT2D eigenvalue weighted by molar-refractivity contribution is 5.83. The molecule has 0 bridgehead atoms. The summed E-state index contributed by atoms with van der Waals surface area (Å²) in [4.78, 5) is 23.1. The van der Waals surface area contributed by atoms with Gasteiger partial charge >= 0.3 is 0 Å². The third-order valence-corrected chi connectivity index (χ3v) is 2.88. The van der Waals surface area contributed by atoms with Crippen molar-refractivity contribution in [2.75, 3.05) is 13.2 Å². The third kappa shape index (κ3) is 6.19. The maximum atomic E-state index is 12.7. The van der Waals surface area contributed by atoms with E-state index in [1.54, 1.807) is 24.3 Å². The molecule has 0 aromatic heterocycles. The largest absolute Gasteiger partial charge is 0.484 e. The second-order valence-electron chi connectivity index (χ2n) is 4.76. The average molecular weight is 343 g/mol. The van der Waals surface area contributed by atoms with Crippen molar-refractivity contribution in [2.45, 2.75) is 0 Å². The van der Waals surface area contributed by atoms with E-state index < -0.39 is 17.6 Å². The Morgan fingerprint density at radius 3 is 1.76 bits per heavy atom. The minimum Gasteiger partial charge on any atom is -0.484 e. The van der Waals surface area contributed by atoms with Gasteiger partial charge in [0.25, 0.3) is 11.8 Å². The second-order valence-corrected chi connectivity index (χ2v) is 4.76. The Labute approximate surface area is 142 Å². The van der Waals surface area contributed by atoms with Crippen LogP contribution in [0.3, 0.4) is 0 Å². The van der Waals surface area contributed by atoms with Gasteiger partial charge in [0.2, 0.25) is 0 Å². The van der Waals surface area contributed by atoms with Gasteiger partial charge in [-0.1, -0.05) is 0 Å². The van der Waals surface area contributed by atoms with E-state index in [1.165, 1.54) is 24.3 Å². The maximum Gasteiger partial charge on any atom is 0.276 e. The van der Waals surface area contributed by atoms with Gasteiger partial charge in [-0.2, -0.15) is 5.26 Å². The normalized spacial score (nSPS) is 9.60. The molecule has 0 radical (unpaired) electrons. The minimum atomic E-state index is -0.587. The van der Waals surface area contributed by atoms with Crippen LogP contribution in [0.2, 0.25) is 0 Å². The molecule has 2 rings (SSSR count). The van der Waals surface area contributed by atoms with Crippen LogP contribution in [0.15, 0.2) is 48.5 Å². The highest BCUT2D eigenvalue weighted by Gasteiger charge is 2.07. The van der Waals surface area contributed by atoms with Crippen LogP contribution in [-0.4, -0.2) is 25.0 Å². The number of rotatable bonds is 6. The predicted molar refractivity (Wildman–Crippen MR) is 84.8 cm³/mol. The molecule has 2 aromatic carbocycles. The molecule has 2 aromatic rings. The number of hydrazine groups is 1. The Balaban J connectivity index is 1.65. The lowest BCUT2D eigenvalue weighted by Gasteiger charge is -2.09. The van der Waals surface area contributed by atoms with Gasteiger partial charge in [-0.3, -0.25) is 20.4 Å². The Kier molecular flexibility index (Phi) is 6.31. The topological polar surface area (TPSA) is 100 Å².